The molecule has 0 spiro atoms. The van der Waals surface area contributed by atoms with E-state index >= 15 is 0 Å². The highest BCUT2D eigenvalue weighted by Gasteiger charge is 1.98. The molecule has 0 saturated heterocycles. The molecule has 0 saturated carbocycles. The summed E-state index contributed by atoms with van der Waals surface area (Å²) in [6.07, 6.45) is 4.50. The summed E-state index contributed by atoms with van der Waals surface area (Å²) in [6.45, 7) is 4.69. The molecule has 1 amide bonds. The second-order valence-corrected chi connectivity index (χ2v) is 3.56. The van der Waals surface area contributed by atoms with Crippen LogP contribution in [0.3, 0.4) is 0 Å². The topological polar surface area (TPSA) is 55.7 Å². The first-order chi connectivity index (χ1) is 6.66. The molecule has 0 aliphatic rings. The van der Waals surface area contributed by atoms with Crippen LogP contribution in [0.2, 0.25) is 0 Å². The van der Waals surface area contributed by atoms with Gasteiger partial charge in [0, 0.05) is 0 Å². The summed E-state index contributed by atoms with van der Waals surface area (Å²) in [6, 6.07) is 0. The Morgan fingerprint density at radius 2 is 2.07 bits per heavy atom. The molecule has 4 heteroatoms. The molecule has 0 heterocycles. The monoisotopic (exact) mass is 199 g/mol. The Morgan fingerprint density at radius 1 is 1.36 bits per heavy atom. The highest BCUT2D eigenvalue weighted by molar-refractivity contribution is 5.74. The standard InChI is InChI=1S/C10H17NO3/c1-9(2)6-4-3-5-7-14-10(13)11-8-12/h9H,3-7H2,1-2H3. The van der Waals surface area contributed by atoms with Crippen molar-refractivity contribution in [1.29, 1.82) is 0 Å². The molecule has 0 aliphatic carbocycles. The van der Waals surface area contributed by atoms with Crippen LogP contribution in [0.1, 0.15) is 39.5 Å². The van der Waals surface area contributed by atoms with E-state index in [1.807, 2.05) is 0 Å². The van der Waals surface area contributed by atoms with E-state index in [0.29, 0.717) is 6.61 Å². The zero-order valence-electron chi connectivity index (χ0n) is 8.78. The van der Waals surface area contributed by atoms with Crippen molar-refractivity contribution in [3.63, 3.8) is 0 Å². The molecule has 0 bridgehead atoms. The normalized spacial score (nSPS) is 9.64. The van der Waals surface area contributed by atoms with Gasteiger partial charge in [-0.15, -0.1) is 0 Å². The molecule has 0 radical (unpaired) electrons. The number of carbonyl (C=O) groups is 1. The number of hydrogen-bond acceptors (Lipinski definition) is 3. The predicted octanol–water partition coefficient (Wildman–Crippen LogP) is 2.68. The van der Waals surface area contributed by atoms with Crippen molar-refractivity contribution in [2.24, 2.45) is 10.9 Å². The second kappa shape index (κ2) is 8.45. The van der Waals surface area contributed by atoms with Crippen molar-refractivity contribution >= 4 is 12.2 Å². The van der Waals surface area contributed by atoms with Gasteiger partial charge in [0.05, 0.1) is 6.61 Å². The average molecular weight is 199 g/mol. The Hall–Kier alpha value is -1.15. The maximum atomic E-state index is 10.5. The quantitative estimate of drug-likeness (QED) is 0.375. The van der Waals surface area contributed by atoms with E-state index in [0.717, 1.165) is 31.3 Å². The van der Waals surface area contributed by atoms with Crippen LogP contribution >= 0.6 is 0 Å². The van der Waals surface area contributed by atoms with E-state index in [1.54, 1.807) is 0 Å². The lowest BCUT2D eigenvalue weighted by molar-refractivity contribution is 0.154. The van der Waals surface area contributed by atoms with Gasteiger partial charge in [-0.2, -0.15) is 0 Å². The zero-order valence-corrected chi connectivity index (χ0v) is 8.78. The number of carbonyl (C=O) groups excluding carboxylic acids is 2. The van der Waals surface area contributed by atoms with Gasteiger partial charge in [-0.05, 0) is 12.3 Å². The summed E-state index contributed by atoms with van der Waals surface area (Å²) >= 11 is 0. The number of amides is 1. The van der Waals surface area contributed by atoms with Gasteiger partial charge in [-0.25, -0.2) is 9.59 Å². The Kier molecular flexibility index (Phi) is 7.75. The average Bonchev–Trinajstić information content (AvgIpc) is 2.11. The molecule has 0 aromatic heterocycles. The van der Waals surface area contributed by atoms with E-state index in [-0.39, 0.29) is 0 Å². The molecule has 80 valence electrons. The first-order valence-corrected chi connectivity index (χ1v) is 4.91. The lowest BCUT2D eigenvalue weighted by Crippen LogP contribution is -2.00. The predicted molar refractivity (Wildman–Crippen MR) is 52.8 cm³/mol. The molecule has 4 nitrogen and oxygen atoms in total. The number of unbranched alkanes of at least 4 members (excludes halogenated alkanes) is 2. The largest absolute Gasteiger partial charge is 0.447 e. The van der Waals surface area contributed by atoms with Crippen LogP contribution in [-0.2, 0) is 9.53 Å². The number of aliphatic imine (C=N–C) groups is 1. The van der Waals surface area contributed by atoms with Gasteiger partial charge in [0.15, 0.2) is 0 Å². The smallest absolute Gasteiger partial charge is 0.444 e. The number of hydrogen-bond donors (Lipinski definition) is 0. The third kappa shape index (κ3) is 8.94. The third-order valence-corrected chi connectivity index (χ3v) is 1.79. The van der Waals surface area contributed by atoms with Crippen molar-refractivity contribution in [2.75, 3.05) is 6.61 Å². The molecule has 0 N–H and O–H groups in total. The van der Waals surface area contributed by atoms with Crippen LogP contribution in [-0.4, -0.2) is 18.8 Å². The summed E-state index contributed by atoms with van der Waals surface area (Å²) in [5.74, 6) is 0.720. The highest BCUT2D eigenvalue weighted by Crippen LogP contribution is 2.07. The van der Waals surface area contributed by atoms with E-state index in [9.17, 15) is 9.59 Å². The summed E-state index contributed by atoms with van der Waals surface area (Å²) in [4.78, 5) is 23.0. The Morgan fingerprint density at radius 3 is 2.64 bits per heavy atom. The van der Waals surface area contributed by atoms with Gasteiger partial charge >= 0.3 is 6.09 Å². The minimum atomic E-state index is -0.844. The van der Waals surface area contributed by atoms with Crippen molar-refractivity contribution < 1.29 is 14.3 Å². The molecule has 0 aromatic rings. The summed E-state index contributed by atoms with van der Waals surface area (Å²) in [5, 5.41) is 0. The van der Waals surface area contributed by atoms with Crippen molar-refractivity contribution in [3.05, 3.63) is 0 Å². The summed E-state index contributed by atoms with van der Waals surface area (Å²) in [7, 11) is 0. The minimum Gasteiger partial charge on any atom is -0.447 e. The molecule has 0 aromatic carbocycles. The van der Waals surface area contributed by atoms with Gasteiger partial charge in [0.2, 0.25) is 6.08 Å². The van der Waals surface area contributed by atoms with Gasteiger partial charge in [0.1, 0.15) is 0 Å². The highest BCUT2D eigenvalue weighted by atomic mass is 16.5. The third-order valence-electron chi connectivity index (χ3n) is 1.79. The molecular weight excluding hydrogens is 182 g/mol. The number of nitrogens with zero attached hydrogens (tertiary/aromatic N) is 1. The Balaban J connectivity index is 3.21. The van der Waals surface area contributed by atoms with E-state index in [4.69, 9.17) is 0 Å². The fourth-order valence-corrected chi connectivity index (χ4v) is 1.06. The molecule has 0 unspecified atom stereocenters. The van der Waals surface area contributed by atoms with Crippen LogP contribution in [0, 0.1) is 5.92 Å². The van der Waals surface area contributed by atoms with Crippen molar-refractivity contribution in [3.8, 4) is 0 Å². The van der Waals surface area contributed by atoms with Crippen molar-refractivity contribution in [2.45, 2.75) is 39.5 Å². The maximum absolute atomic E-state index is 10.5. The van der Waals surface area contributed by atoms with Crippen LogP contribution < -0.4 is 0 Å². The maximum Gasteiger partial charge on any atom is 0.444 e. The first-order valence-electron chi connectivity index (χ1n) is 4.91. The molecule has 0 rings (SSSR count). The lowest BCUT2D eigenvalue weighted by atomic mass is 10.1. The molecule has 0 fully saturated rings. The van der Waals surface area contributed by atoms with E-state index in [2.05, 4.69) is 23.6 Å². The van der Waals surface area contributed by atoms with Crippen LogP contribution in [0.15, 0.2) is 4.99 Å². The van der Waals surface area contributed by atoms with E-state index < -0.39 is 6.09 Å². The van der Waals surface area contributed by atoms with E-state index in [1.165, 1.54) is 6.42 Å². The van der Waals surface area contributed by atoms with Gasteiger partial charge in [-0.1, -0.05) is 38.1 Å². The first kappa shape index (κ1) is 12.8. The van der Waals surface area contributed by atoms with Crippen molar-refractivity contribution in [1.82, 2.24) is 0 Å². The number of isocyanates is 1. The minimum absolute atomic E-state index is 0.335. The Labute approximate surface area is 84.4 Å². The molecule has 0 aliphatic heterocycles. The summed E-state index contributed by atoms with van der Waals surface area (Å²) in [5.41, 5.74) is 0. The number of ether oxygens (including phenoxy) is 1. The Bertz CT molecular complexity index is 207. The molecule has 0 atom stereocenters. The van der Waals surface area contributed by atoms with Crippen LogP contribution in [0.5, 0.6) is 0 Å². The fraction of sp³-hybridized carbons (Fsp3) is 0.800. The van der Waals surface area contributed by atoms with Gasteiger partial charge < -0.3 is 4.74 Å². The molecule has 14 heavy (non-hydrogen) atoms. The fourth-order valence-electron chi connectivity index (χ4n) is 1.06. The van der Waals surface area contributed by atoms with Gasteiger partial charge in [0.25, 0.3) is 0 Å². The lowest BCUT2D eigenvalue weighted by Gasteiger charge is -2.03. The SMILES string of the molecule is CC(C)CCCCCOC(=O)N=C=O. The van der Waals surface area contributed by atoms with Crippen LogP contribution in [0.25, 0.3) is 0 Å². The van der Waals surface area contributed by atoms with Crippen LogP contribution in [0.4, 0.5) is 4.79 Å². The summed E-state index contributed by atoms with van der Waals surface area (Å²) < 4.78 is 4.62. The van der Waals surface area contributed by atoms with Gasteiger partial charge in [-0.3, -0.25) is 0 Å². The zero-order chi connectivity index (χ0) is 10.8. The molecular formula is C10H17NO3. The number of rotatable bonds is 6. The second-order valence-electron chi connectivity index (χ2n) is 3.56.